The summed E-state index contributed by atoms with van der Waals surface area (Å²) in [6.07, 6.45) is 9.93. The highest BCUT2D eigenvalue weighted by atomic mass is 32.1. The number of carbonyl (C=O) groups is 1. The summed E-state index contributed by atoms with van der Waals surface area (Å²) in [6.45, 7) is 10.8. The van der Waals surface area contributed by atoms with Crippen molar-refractivity contribution in [2.45, 2.75) is 83.1 Å². The van der Waals surface area contributed by atoms with Crippen LogP contribution in [0.5, 0.6) is 5.88 Å². The van der Waals surface area contributed by atoms with Gasteiger partial charge in [-0.15, -0.1) is 17.9 Å². The molecule has 3 atom stereocenters. The number of amides is 1. The zero-order valence-corrected chi connectivity index (χ0v) is 21.2. The van der Waals surface area contributed by atoms with E-state index in [0.29, 0.717) is 23.9 Å². The largest absolute Gasteiger partial charge is 0.471 e. The molecular weight excluding hydrogens is 448 g/mol. The molecule has 4 rings (SSSR count). The molecule has 7 nitrogen and oxygen atoms in total. The van der Waals surface area contributed by atoms with Crippen LogP contribution in [-0.4, -0.2) is 45.3 Å². The molecule has 1 aliphatic carbocycles. The first-order valence-electron chi connectivity index (χ1n) is 12.1. The van der Waals surface area contributed by atoms with E-state index in [2.05, 4.69) is 54.0 Å². The first kappa shape index (κ1) is 24.8. The highest BCUT2D eigenvalue weighted by Gasteiger charge is 2.46. The molecule has 2 aromatic rings. The van der Waals surface area contributed by atoms with Crippen LogP contribution in [0.2, 0.25) is 0 Å². The molecule has 1 saturated carbocycles. The number of aromatic nitrogens is 2. The van der Waals surface area contributed by atoms with E-state index in [9.17, 15) is 9.90 Å². The molecule has 2 aliphatic rings. The Hall–Kier alpha value is -2.29. The normalized spacial score (nSPS) is 20.5. The van der Waals surface area contributed by atoms with E-state index in [4.69, 9.17) is 4.74 Å². The lowest BCUT2D eigenvalue weighted by molar-refractivity contribution is -0.0420. The topological polar surface area (TPSA) is 96.4 Å². The second-order valence-corrected chi connectivity index (χ2v) is 11.7. The van der Waals surface area contributed by atoms with Gasteiger partial charge in [-0.05, 0) is 49.1 Å². The summed E-state index contributed by atoms with van der Waals surface area (Å²) in [7, 11) is 0. The number of nitrogens with zero attached hydrogens (tertiary/aromatic N) is 2. The Morgan fingerprint density at radius 2 is 2.21 bits per heavy atom. The van der Waals surface area contributed by atoms with Crippen LogP contribution in [-0.2, 0) is 6.42 Å². The monoisotopic (exact) mass is 484 g/mol. The van der Waals surface area contributed by atoms with Crippen LogP contribution in [0, 0.1) is 5.41 Å². The minimum Gasteiger partial charge on any atom is -0.471 e. The smallest absolute Gasteiger partial charge is 0.280 e. The van der Waals surface area contributed by atoms with E-state index in [1.54, 1.807) is 17.7 Å². The van der Waals surface area contributed by atoms with Crippen LogP contribution in [0.1, 0.15) is 79.8 Å². The molecular formula is C26H36N4O3S. The van der Waals surface area contributed by atoms with Crippen molar-refractivity contribution in [3.63, 3.8) is 0 Å². The van der Waals surface area contributed by atoms with Crippen molar-refractivity contribution in [1.29, 1.82) is 0 Å². The average Bonchev–Trinajstić information content (AvgIpc) is 3.30. The van der Waals surface area contributed by atoms with Crippen molar-refractivity contribution >= 4 is 17.2 Å². The standard InChI is InChI=1S/C26H36N4O3S/c1-5-7-19(30-22(32)24-27-10-11-34-24)21(31)16-28-20-14-26(8-6-9-26)33-23-18(20)12-17(15-29-23)13-25(2,3)4/h5,10-12,15,19-21,28,31H,1,6-9,13-14,16H2,2-4H3,(H,30,32)/t19-,20-,21+/m0/s1. The van der Waals surface area contributed by atoms with E-state index in [0.717, 1.165) is 37.7 Å². The van der Waals surface area contributed by atoms with Gasteiger partial charge in [0.1, 0.15) is 5.60 Å². The van der Waals surface area contributed by atoms with Gasteiger partial charge >= 0.3 is 0 Å². The van der Waals surface area contributed by atoms with Crippen LogP contribution in [0.3, 0.4) is 0 Å². The molecule has 3 heterocycles. The number of rotatable bonds is 9. The predicted octanol–water partition coefficient (Wildman–Crippen LogP) is 4.20. The molecule has 1 fully saturated rings. The van der Waals surface area contributed by atoms with Crippen molar-refractivity contribution in [3.05, 3.63) is 52.6 Å². The third-order valence-corrected chi connectivity index (χ3v) is 7.37. The molecule has 184 valence electrons. The van der Waals surface area contributed by atoms with Crippen molar-refractivity contribution < 1.29 is 14.6 Å². The number of ether oxygens (including phenoxy) is 1. The molecule has 1 amide bonds. The second-order valence-electron chi connectivity index (χ2n) is 10.8. The molecule has 2 aromatic heterocycles. The van der Waals surface area contributed by atoms with Crippen molar-refractivity contribution in [2.24, 2.45) is 5.41 Å². The van der Waals surface area contributed by atoms with Gasteiger partial charge in [0.05, 0.1) is 12.1 Å². The molecule has 0 saturated heterocycles. The second kappa shape index (κ2) is 10.1. The molecule has 3 N–H and O–H groups in total. The third-order valence-electron chi connectivity index (χ3n) is 6.60. The van der Waals surface area contributed by atoms with Crippen LogP contribution < -0.4 is 15.4 Å². The van der Waals surface area contributed by atoms with Gasteiger partial charge in [-0.1, -0.05) is 26.8 Å². The zero-order chi connectivity index (χ0) is 24.3. The quantitative estimate of drug-likeness (QED) is 0.462. The number of hydrogen-bond acceptors (Lipinski definition) is 7. The van der Waals surface area contributed by atoms with E-state index < -0.39 is 12.1 Å². The molecule has 0 unspecified atom stereocenters. The maximum atomic E-state index is 12.5. The summed E-state index contributed by atoms with van der Waals surface area (Å²) in [5.41, 5.74) is 2.24. The lowest BCUT2D eigenvalue weighted by Gasteiger charge is -2.47. The minimum absolute atomic E-state index is 0.0326. The van der Waals surface area contributed by atoms with E-state index in [1.165, 1.54) is 16.9 Å². The van der Waals surface area contributed by atoms with Crippen molar-refractivity contribution in [2.75, 3.05) is 6.54 Å². The SMILES string of the molecule is C=CC[C@H](NC(=O)c1nccs1)[C@H](O)CN[C@H]1CC2(CCC2)Oc2ncc(CC(C)(C)C)cc21. The zero-order valence-electron chi connectivity index (χ0n) is 20.3. The van der Waals surface area contributed by atoms with Gasteiger partial charge < -0.3 is 20.5 Å². The van der Waals surface area contributed by atoms with Gasteiger partial charge in [-0.3, -0.25) is 4.79 Å². The maximum Gasteiger partial charge on any atom is 0.280 e. The molecule has 0 radical (unpaired) electrons. The Labute approximate surface area is 206 Å². The molecule has 1 spiro atoms. The number of fused-ring (bicyclic) bond motifs is 1. The van der Waals surface area contributed by atoms with Gasteiger partial charge in [0.15, 0.2) is 5.01 Å². The van der Waals surface area contributed by atoms with Gasteiger partial charge in [0, 0.05) is 42.3 Å². The summed E-state index contributed by atoms with van der Waals surface area (Å²) in [4.78, 5) is 21.2. The number of thiazole rings is 1. The average molecular weight is 485 g/mol. The first-order chi connectivity index (χ1) is 16.2. The molecule has 34 heavy (non-hydrogen) atoms. The Morgan fingerprint density at radius 1 is 1.41 bits per heavy atom. The van der Waals surface area contributed by atoms with Gasteiger partial charge in [-0.2, -0.15) is 0 Å². The Balaban J connectivity index is 1.47. The number of carbonyl (C=O) groups excluding carboxylic acids is 1. The molecule has 1 aliphatic heterocycles. The van der Waals surface area contributed by atoms with Gasteiger partial charge in [0.2, 0.25) is 5.88 Å². The summed E-state index contributed by atoms with van der Waals surface area (Å²) in [5, 5.41) is 19.6. The highest BCUT2D eigenvalue weighted by Crippen LogP contribution is 2.48. The predicted molar refractivity (Wildman–Crippen MR) is 134 cm³/mol. The van der Waals surface area contributed by atoms with Crippen molar-refractivity contribution in [3.8, 4) is 5.88 Å². The lowest BCUT2D eigenvalue weighted by Crippen LogP contribution is -2.52. The molecule has 0 bridgehead atoms. The number of pyridine rings is 1. The first-order valence-corrected chi connectivity index (χ1v) is 13.0. The minimum atomic E-state index is -0.781. The van der Waals surface area contributed by atoms with E-state index in [-0.39, 0.29) is 23.0 Å². The third kappa shape index (κ3) is 5.85. The number of aliphatic hydroxyl groups excluding tert-OH is 1. The number of nitrogens with one attached hydrogen (secondary N) is 2. The molecule has 8 heteroatoms. The lowest BCUT2D eigenvalue weighted by atomic mass is 9.73. The summed E-state index contributed by atoms with van der Waals surface area (Å²) in [6, 6.07) is 1.78. The highest BCUT2D eigenvalue weighted by molar-refractivity contribution is 7.11. The fraction of sp³-hybridized carbons (Fsp3) is 0.577. The van der Waals surface area contributed by atoms with Gasteiger partial charge in [-0.25, -0.2) is 9.97 Å². The number of hydrogen-bond donors (Lipinski definition) is 3. The Kier molecular flexibility index (Phi) is 7.40. The fourth-order valence-electron chi connectivity index (χ4n) is 4.81. The maximum absolute atomic E-state index is 12.5. The van der Waals surface area contributed by atoms with E-state index in [1.807, 2.05) is 6.20 Å². The van der Waals surface area contributed by atoms with Crippen LogP contribution >= 0.6 is 11.3 Å². The van der Waals surface area contributed by atoms with Crippen LogP contribution in [0.4, 0.5) is 0 Å². The Morgan fingerprint density at radius 3 is 2.82 bits per heavy atom. The molecule has 0 aromatic carbocycles. The van der Waals surface area contributed by atoms with E-state index >= 15 is 0 Å². The summed E-state index contributed by atoms with van der Waals surface area (Å²) >= 11 is 1.28. The summed E-state index contributed by atoms with van der Waals surface area (Å²) in [5.74, 6) is 0.428. The van der Waals surface area contributed by atoms with Crippen LogP contribution in [0.15, 0.2) is 36.5 Å². The Bertz CT molecular complexity index is 998. The summed E-state index contributed by atoms with van der Waals surface area (Å²) < 4.78 is 6.37. The number of aliphatic hydroxyl groups is 1. The van der Waals surface area contributed by atoms with Gasteiger partial charge in [0.25, 0.3) is 5.91 Å². The van der Waals surface area contributed by atoms with Crippen molar-refractivity contribution in [1.82, 2.24) is 20.6 Å². The van der Waals surface area contributed by atoms with Crippen LogP contribution in [0.25, 0.3) is 0 Å². The fourth-order valence-corrected chi connectivity index (χ4v) is 5.35.